The molecular formula is C13H16N2. The van der Waals surface area contributed by atoms with E-state index in [1.165, 1.54) is 22.1 Å². The minimum atomic E-state index is 1.06. The van der Waals surface area contributed by atoms with Crippen LogP contribution in [-0.4, -0.2) is 12.0 Å². The van der Waals surface area contributed by atoms with Crippen LogP contribution in [0.4, 0.5) is 5.69 Å². The number of aryl methyl sites for hydroxylation is 2. The Morgan fingerprint density at radius 2 is 1.80 bits per heavy atom. The SMILES string of the molecule is CNc1cnc2cc(C)c(C)c(C)c2c1. The lowest BCUT2D eigenvalue weighted by atomic mass is 9.99. The first-order valence-electron chi connectivity index (χ1n) is 5.18. The molecule has 2 aromatic rings. The zero-order chi connectivity index (χ0) is 11.0. The summed E-state index contributed by atoms with van der Waals surface area (Å²) < 4.78 is 0. The van der Waals surface area contributed by atoms with Crippen LogP contribution in [0.1, 0.15) is 16.7 Å². The first-order chi connectivity index (χ1) is 7.13. The maximum atomic E-state index is 4.45. The van der Waals surface area contributed by atoms with Crippen molar-refractivity contribution in [3.05, 3.63) is 35.0 Å². The van der Waals surface area contributed by atoms with Gasteiger partial charge in [0.15, 0.2) is 0 Å². The second-order valence-electron chi connectivity index (χ2n) is 3.98. The molecule has 2 rings (SSSR count). The normalized spacial score (nSPS) is 10.7. The fourth-order valence-electron chi connectivity index (χ4n) is 1.84. The number of nitrogens with one attached hydrogen (secondary N) is 1. The molecule has 1 aromatic carbocycles. The number of nitrogens with zero attached hydrogens (tertiary/aromatic N) is 1. The van der Waals surface area contributed by atoms with Crippen LogP contribution in [0.3, 0.4) is 0 Å². The molecule has 0 bridgehead atoms. The molecule has 0 atom stereocenters. The molecule has 2 heteroatoms. The zero-order valence-electron chi connectivity index (χ0n) is 9.68. The Hall–Kier alpha value is -1.57. The summed E-state index contributed by atoms with van der Waals surface area (Å²) in [4.78, 5) is 4.45. The number of rotatable bonds is 1. The maximum Gasteiger partial charge on any atom is 0.0709 e. The van der Waals surface area contributed by atoms with Gasteiger partial charge in [-0.2, -0.15) is 0 Å². The summed E-state index contributed by atoms with van der Waals surface area (Å²) >= 11 is 0. The Labute approximate surface area is 90.3 Å². The van der Waals surface area contributed by atoms with Crippen molar-refractivity contribution in [3.8, 4) is 0 Å². The van der Waals surface area contributed by atoms with Crippen LogP contribution >= 0.6 is 0 Å². The third-order valence-electron chi connectivity index (χ3n) is 3.12. The van der Waals surface area contributed by atoms with E-state index in [1.54, 1.807) is 0 Å². The Balaban J connectivity index is 2.81. The molecule has 0 aliphatic rings. The van der Waals surface area contributed by atoms with Gasteiger partial charge in [0.1, 0.15) is 0 Å². The van der Waals surface area contributed by atoms with Gasteiger partial charge in [-0.25, -0.2) is 0 Å². The van der Waals surface area contributed by atoms with E-state index in [2.05, 4.69) is 43.2 Å². The van der Waals surface area contributed by atoms with Crippen LogP contribution in [0, 0.1) is 20.8 Å². The van der Waals surface area contributed by atoms with Crippen molar-refractivity contribution in [2.24, 2.45) is 0 Å². The van der Waals surface area contributed by atoms with Crippen LogP contribution in [0.2, 0.25) is 0 Å². The number of hydrogen-bond donors (Lipinski definition) is 1. The maximum absolute atomic E-state index is 4.45. The fraction of sp³-hybridized carbons (Fsp3) is 0.308. The van der Waals surface area contributed by atoms with Crippen LogP contribution in [0.15, 0.2) is 18.3 Å². The molecule has 0 aliphatic heterocycles. The molecule has 1 aromatic heterocycles. The summed E-state index contributed by atoms with van der Waals surface area (Å²) in [6, 6.07) is 4.31. The molecule has 0 saturated carbocycles. The second-order valence-corrected chi connectivity index (χ2v) is 3.98. The average molecular weight is 200 g/mol. The lowest BCUT2D eigenvalue weighted by molar-refractivity contribution is 1.27. The molecule has 0 saturated heterocycles. The van der Waals surface area contributed by atoms with E-state index < -0.39 is 0 Å². The number of anilines is 1. The monoisotopic (exact) mass is 200 g/mol. The second kappa shape index (κ2) is 3.54. The highest BCUT2D eigenvalue weighted by molar-refractivity contribution is 5.86. The summed E-state index contributed by atoms with van der Waals surface area (Å²) in [5.74, 6) is 0. The molecule has 0 spiro atoms. The van der Waals surface area contributed by atoms with Crippen molar-refractivity contribution in [1.82, 2.24) is 4.98 Å². The molecule has 0 unspecified atom stereocenters. The first-order valence-corrected chi connectivity index (χ1v) is 5.18. The standard InChI is InChI=1S/C13H16N2/c1-8-5-13-12(10(3)9(8)2)6-11(14-4)7-15-13/h5-7,14H,1-4H3. The molecule has 78 valence electrons. The molecule has 0 amide bonds. The van der Waals surface area contributed by atoms with E-state index >= 15 is 0 Å². The predicted octanol–water partition coefficient (Wildman–Crippen LogP) is 3.20. The molecule has 1 heterocycles. The van der Waals surface area contributed by atoms with E-state index in [9.17, 15) is 0 Å². The van der Waals surface area contributed by atoms with Crippen molar-refractivity contribution < 1.29 is 0 Å². The quantitative estimate of drug-likeness (QED) is 0.764. The minimum absolute atomic E-state index is 1.06. The Kier molecular flexibility index (Phi) is 2.35. The van der Waals surface area contributed by atoms with Crippen LogP contribution in [-0.2, 0) is 0 Å². The van der Waals surface area contributed by atoms with Gasteiger partial charge in [-0.15, -0.1) is 0 Å². The van der Waals surface area contributed by atoms with Gasteiger partial charge in [0.05, 0.1) is 17.4 Å². The minimum Gasteiger partial charge on any atom is -0.387 e. The number of aromatic nitrogens is 1. The third-order valence-corrected chi connectivity index (χ3v) is 3.12. The summed E-state index contributed by atoms with van der Waals surface area (Å²) in [5, 5.41) is 4.36. The molecular weight excluding hydrogens is 184 g/mol. The third kappa shape index (κ3) is 1.56. The van der Waals surface area contributed by atoms with Gasteiger partial charge in [-0.1, -0.05) is 0 Å². The summed E-state index contributed by atoms with van der Waals surface area (Å²) in [5.41, 5.74) is 6.14. The first kappa shape index (κ1) is 9.97. The lowest BCUT2D eigenvalue weighted by Gasteiger charge is -2.10. The van der Waals surface area contributed by atoms with Gasteiger partial charge in [-0.05, 0) is 49.6 Å². The highest BCUT2D eigenvalue weighted by atomic mass is 14.8. The van der Waals surface area contributed by atoms with Crippen LogP contribution in [0.25, 0.3) is 10.9 Å². The van der Waals surface area contributed by atoms with E-state index in [0.717, 1.165) is 11.2 Å². The Morgan fingerprint density at radius 3 is 2.47 bits per heavy atom. The predicted molar refractivity (Wildman–Crippen MR) is 65.5 cm³/mol. The number of benzene rings is 1. The van der Waals surface area contributed by atoms with Crippen molar-refractivity contribution in [3.63, 3.8) is 0 Å². The van der Waals surface area contributed by atoms with E-state index in [1.807, 2.05) is 13.2 Å². The van der Waals surface area contributed by atoms with E-state index in [-0.39, 0.29) is 0 Å². The summed E-state index contributed by atoms with van der Waals surface area (Å²) in [6.45, 7) is 6.46. The highest BCUT2D eigenvalue weighted by Gasteiger charge is 2.05. The van der Waals surface area contributed by atoms with Crippen LogP contribution in [0.5, 0.6) is 0 Å². The van der Waals surface area contributed by atoms with Gasteiger partial charge in [-0.3, -0.25) is 4.98 Å². The van der Waals surface area contributed by atoms with E-state index in [4.69, 9.17) is 0 Å². The molecule has 1 N–H and O–H groups in total. The Bertz CT molecular complexity index is 515. The lowest BCUT2D eigenvalue weighted by Crippen LogP contribution is -1.94. The summed E-state index contributed by atoms with van der Waals surface area (Å²) in [7, 11) is 1.92. The smallest absolute Gasteiger partial charge is 0.0709 e. The van der Waals surface area contributed by atoms with Crippen molar-refractivity contribution in [2.45, 2.75) is 20.8 Å². The zero-order valence-corrected chi connectivity index (χ0v) is 9.68. The number of fused-ring (bicyclic) bond motifs is 1. The number of hydrogen-bond acceptors (Lipinski definition) is 2. The van der Waals surface area contributed by atoms with Gasteiger partial charge >= 0.3 is 0 Å². The fourth-order valence-corrected chi connectivity index (χ4v) is 1.84. The van der Waals surface area contributed by atoms with Gasteiger partial charge in [0.25, 0.3) is 0 Å². The molecule has 2 nitrogen and oxygen atoms in total. The largest absolute Gasteiger partial charge is 0.387 e. The van der Waals surface area contributed by atoms with Crippen molar-refractivity contribution in [2.75, 3.05) is 12.4 Å². The van der Waals surface area contributed by atoms with Gasteiger partial charge in [0.2, 0.25) is 0 Å². The highest BCUT2D eigenvalue weighted by Crippen LogP contribution is 2.25. The molecule has 0 radical (unpaired) electrons. The topological polar surface area (TPSA) is 24.9 Å². The van der Waals surface area contributed by atoms with Crippen LogP contribution < -0.4 is 5.32 Å². The average Bonchev–Trinajstić information content (AvgIpc) is 2.26. The molecule has 15 heavy (non-hydrogen) atoms. The molecule has 0 fully saturated rings. The molecule has 0 aliphatic carbocycles. The Morgan fingerprint density at radius 1 is 1.07 bits per heavy atom. The van der Waals surface area contributed by atoms with Crippen molar-refractivity contribution in [1.29, 1.82) is 0 Å². The van der Waals surface area contributed by atoms with E-state index in [0.29, 0.717) is 0 Å². The van der Waals surface area contributed by atoms with Gasteiger partial charge < -0.3 is 5.32 Å². The number of pyridine rings is 1. The van der Waals surface area contributed by atoms with Crippen molar-refractivity contribution >= 4 is 16.6 Å². The summed E-state index contributed by atoms with van der Waals surface area (Å²) in [6.07, 6.45) is 1.87. The van der Waals surface area contributed by atoms with Gasteiger partial charge in [0, 0.05) is 12.4 Å².